The first-order valence-electron chi connectivity index (χ1n) is 7.35. The van der Waals surface area contributed by atoms with Crippen LogP contribution >= 0.6 is 0 Å². The largest absolute Gasteiger partial charge is 0.385 e. The number of hydrogen-bond acceptors (Lipinski definition) is 2. The molecule has 0 aromatic heterocycles. The van der Waals surface area contributed by atoms with Gasteiger partial charge in [0.2, 0.25) is 0 Å². The van der Waals surface area contributed by atoms with Crippen LogP contribution in [-0.2, 0) is 11.3 Å². The van der Waals surface area contributed by atoms with Crippen LogP contribution in [0, 0.1) is 17.6 Å². The summed E-state index contributed by atoms with van der Waals surface area (Å²) in [7, 11) is 1.72. The Morgan fingerprint density at radius 3 is 2.75 bits per heavy atom. The van der Waals surface area contributed by atoms with E-state index in [4.69, 9.17) is 4.74 Å². The van der Waals surface area contributed by atoms with Gasteiger partial charge in [-0.1, -0.05) is 6.07 Å². The van der Waals surface area contributed by atoms with E-state index < -0.39 is 11.6 Å². The second-order valence-electron chi connectivity index (χ2n) is 5.58. The summed E-state index contributed by atoms with van der Waals surface area (Å²) in [6, 6.07) is 4.08. The molecule has 1 fully saturated rings. The first-order valence-corrected chi connectivity index (χ1v) is 7.35. The maximum atomic E-state index is 13.7. The Morgan fingerprint density at radius 1 is 1.30 bits per heavy atom. The number of nitrogens with zero attached hydrogens (tertiary/aromatic N) is 1. The topological polar surface area (TPSA) is 12.5 Å². The lowest BCUT2D eigenvalue weighted by molar-refractivity contribution is 0.140. The summed E-state index contributed by atoms with van der Waals surface area (Å²) in [6.45, 7) is 3.02. The number of methoxy groups -OCH3 is 1. The van der Waals surface area contributed by atoms with Crippen LogP contribution in [0.2, 0.25) is 0 Å². The lowest BCUT2D eigenvalue weighted by Crippen LogP contribution is -2.35. The number of halogens is 2. The van der Waals surface area contributed by atoms with E-state index >= 15 is 0 Å². The average Bonchev–Trinajstić information content (AvgIpc) is 2.44. The molecule has 4 heteroatoms. The average molecular weight is 283 g/mol. The van der Waals surface area contributed by atoms with Crippen molar-refractivity contribution < 1.29 is 13.5 Å². The van der Waals surface area contributed by atoms with Crippen LogP contribution in [0.1, 0.15) is 31.2 Å². The number of benzene rings is 1. The predicted octanol–water partition coefficient (Wildman–Crippen LogP) is 3.60. The zero-order valence-electron chi connectivity index (χ0n) is 12.1. The van der Waals surface area contributed by atoms with E-state index in [0.717, 1.165) is 39.0 Å². The number of rotatable bonds is 6. The molecular weight excluding hydrogens is 260 g/mol. The third-order valence-corrected chi connectivity index (χ3v) is 4.01. The van der Waals surface area contributed by atoms with E-state index in [0.29, 0.717) is 12.5 Å². The number of piperidine rings is 1. The number of ether oxygens (including phenoxy) is 1. The van der Waals surface area contributed by atoms with Crippen molar-refractivity contribution in [3.8, 4) is 0 Å². The Labute approximate surface area is 119 Å². The first-order chi connectivity index (χ1) is 9.70. The van der Waals surface area contributed by atoms with Crippen LogP contribution in [0.3, 0.4) is 0 Å². The molecule has 2 nitrogen and oxygen atoms in total. The Kier molecular flexibility index (Phi) is 5.92. The molecule has 1 aromatic carbocycles. The fraction of sp³-hybridized carbons (Fsp3) is 0.625. The third kappa shape index (κ3) is 4.25. The van der Waals surface area contributed by atoms with Crippen LogP contribution in [0.5, 0.6) is 0 Å². The van der Waals surface area contributed by atoms with Crippen molar-refractivity contribution >= 4 is 0 Å². The summed E-state index contributed by atoms with van der Waals surface area (Å²) < 4.78 is 32.4. The second-order valence-corrected chi connectivity index (χ2v) is 5.58. The molecule has 0 unspecified atom stereocenters. The molecule has 0 N–H and O–H groups in total. The van der Waals surface area contributed by atoms with Crippen molar-refractivity contribution in [2.75, 3.05) is 26.8 Å². The van der Waals surface area contributed by atoms with Gasteiger partial charge >= 0.3 is 0 Å². The maximum absolute atomic E-state index is 13.7. The summed E-state index contributed by atoms with van der Waals surface area (Å²) >= 11 is 0. The molecule has 1 aliphatic rings. The SMILES string of the molecule is COCCC[C@@H]1CCCN(Cc2c(F)cccc2F)C1. The second kappa shape index (κ2) is 7.70. The zero-order chi connectivity index (χ0) is 14.4. The molecule has 1 aliphatic heterocycles. The van der Waals surface area contributed by atoms with E-state index in [1.807, 2.05) is 0 Å². The molecule has 0 amide bonds. The Morgan fingerprint density at radius 2 is 2.05 bits per heavy atom. The van der Waals surface area contributed by atoms with Crippen LogP contribution in [-0.4, -0.2) is 31.7 Å². The highest BCUT2D eigenvalue weighted by Gasteiger charge is 2.21. The molecule has 2 rings (SSSR count). The fourth-order valence-corrected chi connectivity index (χ4v) is 2.95. The minimum Gasteiger partial charge on any atom is -0.385 e. The van der Waals surface area contributed by atoms with Gasteiger partial charge in [0.1, 0.15) is 11.6 Å². The van der Waals surface area contributed by atoms with Gasteiger partial charge in [-0.15, -0.1) is 0 Å². The molecule has 20 heavy (non-hydrogen) atoms. The van der Waals surface area contributed by atoms with Gasteiger partial charge in [-0.25, -0.2) is 8.78 Å². The molecule has 112 valence electrons. The van der Waals surface area contributed by atoms with Crippen LogP contribution in [0.15, 0.2) is 18.2 Å². The highest BCUT2D eigenvalue weighted by Crippen LogP contribution is 2.23. The maximum Gasteiger partial charge on any atom is 0.130 e. The lowest BCUT2D eigenvalue weighted by atomic mass is 9.93. The van der Waals surface area contributed by atoms with Gasteiger partial charge in [-0.3, -0.25) is 4.90 Å². The molecule has 1 saturated heterocycles. The molecule has 1 atom stereocenters. The number of hydrogen-bond donors (Lipinski definition) is 0. The summed E-state index contributed by atoms with van der Waals surface area (Å²) in [5.41, 5.74) is 0.199. The van der Waals surface area contributed by atoms with E-state index in [-0.39, 0.29) is 5.56 Å². The number of likely N-dealkylation sites (tertiary alicyclic amines) is 1. The predicted molar refractivity (Wildman–Crippen MR) is 75.5 cm³/mol. The van der Waals surface area contributed by atoms with Crippen molar-refractivity contribution in [3.63, 3.8) is 0 Å². The van der Waals surface area contributed by atoms with Crippen molar-refractivity contribution in [3.05, 3.63) is 35.4 Å². The Bertz CT molecular complexity index is 405. The van der Waals surface area contributed by atoms with Gasteiger partial charge in [-0.05, 0) is 50.3 Å². The fourth-order valence-electron chi connectivity index (χ4n) is 2.95. The zero-order valence-corrected chi connectivity index (χ0v) is 12.1. The summed E-state index contributed by atoms with van der Waals surface area (Å²) in [6.07, 6.45) is 4.50. The standard InChI is InChI=1S/C16H23F2NO/c1-20-10-4-6-13-5-3-9-19(11-13)12-14-15(17)7-2-8-16(14)18/h2,7-8,13H,3-6,9-12H2,1H3/t13-/m0/s1. The third-order valence-electron chi connectivity index (χ3n) is 4.01. The van der Waals surface area contributed by atoms with Crippen LogP contribution in [0.25, 0.3) is 0 Å². The van der Waals surface area contributed by atoms with Crippen LogP contribution < -0.4 is 0 Å². The summed E-state index contributed by atoms with van der Waals surface area (Å²) in [5.74, 6) is -0.258. The minimum absolute atomic E-state index is 0.199. The first kappa shape index (κ1) is 15.4. The van der Waals surface area contributed by atoms with E-state index in [1.165, 1.54) is 24.6 Å². The van der Waals surface area contributed by atoms with Crippen molar-refractivity contribution in [2.24, 2.45) is 5.92 Å². The molecule has 0 radical (unpaired) electrons. The molecule has 0 saturated carbocycles. The van der Waals surface area contributed by atoms with Crippen molar-refractivity contribution in [1.29, 1.82) is 0 Å². The van der Waals surface area contributed by atoms with Gasteiger partial charge in [0.15, 0.2) is 0 Å². The highest BCUT2D eigenvalue weighted by atomic mass is 19.1. The molecular formula is C16H23F2NO. The normalized spacial score (nSPS) is 20.2. The Hall–Kier alpha value is -1.00. The molecule has 0 aliphatic carbocycles. The van der Waals surface area contributed by atoms with Crippen LogP contribution in [0.4, 0.5) is 8.78 Å². The van der Waals surface area contributed by atoms with Gasteiger partial charge in [0, 0.05) is 32.4 Å². The van der Waals surface area contributed by atoms with Gasteiger partial charge in [0.25, 0.3) is 0 Å². The molecule has 0 bridgehead atoms. The van der Waals surface area contributed by atoms with Gasteiger partial charge < -0.3 is 4.74 Å². The molecule has 0 spiro atoms. The lowest BCUT2D eigenvalue weighted by Gasteiger charge is -2.33. The molecule has 1 aromatic rings. The van der Waals surface area contributed by atoms with Gasteiger partial charge in [0.05, 0.1) is 0 Å². The Balaban J connectivity index is 1.89. The minimum atomic E-state index is -0.438. The van der Waals surface area contributed by atoms with E-state index in [9.17, 15) is 8.78 Å². The molecule has 1 heterocycles. The smallest absolute Gasteiger partial charge is 0.130 e. The highest BCUT2D eigenvalue weighted by molar-refractivity contribution is 5.19. The van der Waals surface area contributed by atoms with E-state index in [1.54, 1.807) is 7.11 Å². The van der Waals surface area contributed by atoms with Crippen molar-refractivity contribution in [1.82, 2.24) is 4.90 Å². The quantitative estimate of drug-likeness (QED) is 0.740. The summed E-state index contributed by atoms with van der Waals surface area (Å²) in [4.78, 5) is 2.17. The van der Waals surface area contributed by atoms with E-state index in [2.05, 4.69) is 4.90 Å². The summed E-state index contributed by atoms with van der Waals surface area (Å²) in [5, 5.41) is 0. The monoisotopic (exact) mass is 283 g/mol. The van der Waals surface area contributed by atoms with Crippen molar-refractivity contribution in [2.45, 2.75) is 32.2 Å². The van der Waals surface area contributed by atoms with Gasteiger partial charge in [-0.2, -0.15) is 0 Å².